The van der Waals surface area contributed by atoms with Crippen molar-refractivity contribution in [1.29, 1.82) is 0 Å². The monoisotopic (exact) mass is 278 g/mol. The number of nitrogens with two attached hydrogens (primary N) is 1. The largest absolute Gasteiger partial charge is 0.346 e. The maximum absolute atomic E-state index is 5.81. The third-order valence-corrected chi connectivity index (χ3v) is 4.28. The number of fused-ring (bicyclic) bond motifs is 1. The number of aryl methyl sites for hydroxylation is 1. The van der Waals surface area contributed by atoms with Crippen molar-refractivity contribution in [3.8, 4) is 0 Å². The first-order chi connectivity index (χ1) is 7.74. The molecule has 3 rings (SSSR count). The van der Waals surface area contributed by atoms with E-state index >= 15 is 0 Å². The van der Waals surface area contributed by atoms with E-state index in [1.807, 2.05) is 0 Å². The van der Waals surface area contributed by atoms with Crippen LogP contribution in [0.4, 0.5) is 0 Å². The van der Waals surface area contributed by atoms with Crippen LogP contribution in [0.15, 0.2) is 22.7 Å². The Morgan fingerprint density at radius 2 is 2.19 bits per heavy atom. The summed E-state index contributed by atoms with van der Waals surface area (Å²) in [6, 6.07) is 6.38. The van der Waals surface area contributed by atoms with Crippen LogP contribution in [0.1, 0.15) is 30.0 Å². The van der Waals surface area contributed by atoms with Crippen LogP contribution >= 0.6 is 15.9 Å². The lowest BCUT2D eigenvalue weighted by Crippen LogP contribution is -1.97. The van der Waals surface area contributed by atoms with Crippen molar-refractivity contribution in [3.05, 3.63) is 33.9 Å². The zero-order valence-electron chi connectivity index (χ0n) is 9.33. The molecule has 0 atom stereocenters. The van der Waals surface area contributed by atoms with Gasteiger partial charge in [0.2, 0.25) is 0 Å². The van der Waals surface area contributed by atoms with Gasteiger partial charge in [-0.15, -0.1) is 0 Å². The van der Waals surface area contributed by atoms with Gasteiger partial charge < -0.3 is 10.3 Å². The van der Waals surface area contributed by atoms with Gasteiger partial charge in [-0.25, -0.2) is 0 Å². The summed E-state index contributed by atoms with van der Waals surface area (Å²) in [5.41, 5.74) is 9.76. The Morgan fingerprint density at radius 3 is 2.81 bits per heavy atom. The van der Waals surface area contributed by atoms with E-state index < -0.39 is 0 Å². The van der Waals surface area contributed by atoms with Crippen molar-refractivity contribution in [1.82, 2.24) is 4.57 Å². The zero-order valence-corrected chi connectivity index (χ0v) is 10.9. The van der Waals surface area contributed by atoms with Crippen LogP contribution in [0.5, 0.6) is 0 Å². The first-order valence-electron chi connectivity index (χ1n) is 5.69. The van der Waals surface area contributed by atoms with Gasteiger partial charge in [0.25, 0.3) is 0 Å². The summed E-state index contributed by atoms with van der Waals surface area (Å²) in [6.07, 6.45) is 2.64. The van der Waals surface area contributed by atoms with Crippen molar-refractivity contribution in [2.75, 3.05) is 0 Å². The van der Waals surface area contributed by atoms with E-state index in [1.165, 1.54) is 39.5 Å². The Balaban J connectivity index is 2.37. The SMILES string of the molecule is Cn1c(C2CC2)c(Br)c2c(CN)cccc21. The quantitative estimate of drug-likeness (QED) is 0.898. The topological polar surface area (TPSA) is 30.9 Å². The Kier molecular flexibility index (Phi) is 2.33. The molecule has 1 saturated carbocycles. The molecule has 0 saturated heterocycles. The molecule has 0 unspecified atom stereocenters. The van der Waals surface area contributed by atoms with Gasteiger partial charge in [0.1, 0.15) is 0 Å². The average molecular weight is 279 g/mol. The molecule has 1 aliphatic carbocycles. The third-order valence-electron chi connectivity index (χ3n) is 3.48. The molecule has 1 aromatic carbocycles. The predicted molar refractivity (Wildman–Crippen MR) is 70.5 cm³/mol. The zero-order chi connectivity index (χ0) is 11.3. The smallest absolute Gasteiger partial charge is 0.0495 e. The number of hydrogen-bond acceptors (Lipinski definition) is 1. The fourth-order valence-electron chi connectivity index (χ4n) is 2.50. The van der Waals surface area contributed by atoms with Crippen LogP contribution in [0, 0.1) is 0 Å². The summed E-state index contributed by atoms with van der Waals surface area (Å²) >= 11 is 3.76. The van der Waals surface area contributed by atoms with Crippen molar-refractivity contribution < 1.29 is 0 Å². The Morgan fingerprint density at radius 1 is 1.44 bits per heavy atom. The number of hydrogen-bond donors (Lipinski definition) is 1. The normalized spacial score (nSPS) is 15.9. The molecule has 0 bridgehead atoms. The van der Waals surface area contributed by atoms with E-state index in [4.69, 9.17) is 5.73 Å². The van der Waals surface area contributed by atoms with Crippen LogP contribution in [0.3, 0.4) is 0 Å². The molecule has 0 amide bonds. The van der Waals surface area contributed by atoms with Gasteiger partial charge in [0, 0.05) is 40.6 Å². The standard InChI is InChI=1S/C13H15BrN2/c1-16-10-4-2-3-9(7-15)11(10)12(14)13(16)8-5-6-8/h2-4,8H,5-7,15H2,1H3. The molecule has 0 radical (unpaired) electrons. The molecular formula is C13H15BrN2. The van der Waals surface area contributed by atoms with E-state index in [0.717, 1.165) is 5.92 Å². The van der Waals surface area contributed by atoms with E-state index in [1.54, 1.807) is 0 Å². The van der Waals surface area contributed by atoms with Gasteiger partial charge >= 0.3 is 0 Å². The molecule has 84 valence electrons. The van der Waals surface area contributed by atoms with Gasteiger partial charge in [0.15, 0.2) is 0 Å². The summed E-state index contributed by atoms with van der Waals surface area (Å²) in [6.45, 7) is 0.601. The molecule has 0 spiro atoms. The minimum Gasteiger partial charge on any atom is -0.346 e. The second kappa shape index (κ2) is 3.60. The number of aromatic nitrogens is 1. The molecule has 16 heavy (non-hydrogen) atoms. The lowest BCUT2D eigenvalue weighted by Gasteiger charge is -2.02. The molecule has 2 N–H and O–H groups in total. The number of halogens is 1. The lowest BCUT2D eigenvalue weighted by molar-refractivity contribution is 0.852. The van der Waals surface area contributed by atoms with Gasteiger partial charge in [-0.1, -0.05) is 12.1 Å². The van der Waals surface area contributed by atoms with Crippen molar-refractivity contribution >= 4 is 26.8 Å². The minimum atomic E-state index is 0.601. The molecule has 0 aliphatic heterocycles. The van der Waals surface area contributed by atoms with Gasteiger partial charge in [-0.3, -0.25) is 0 Å². The first-order valence-corrected chi connectivity index (χ1v) is 6.49. The average Bonchev–Trinajstić information content (AvgIpc) is 3.08. The predicted octanol–water partition coefficient (Wildman–Crippen LogP) is 3.28. The van der Waals surface area contributed by atoms with E-state index in [9.17, 15) is 0 Å². The fraction of sp³-hybridized carbons (Fsp3) is 0.385. The van der Waals surface area contributed by atoms with E-state index in [0.29, 0.717) is 6.54 Å². The maximum Gasteiger partial charge on any atom is 0.0495 e. The number of rotatable bonds is 2. The van der Waals surface area contributed by atoms with Crippen LogP contribution in [0.2, 0.25) is 0 Å². The van der Waals surface area contributed by atoms with Crippen molar-refractivity contribution in [2.24, 2.45) is 12.8 Å². The molecule has 3 heteroatoms. The molecule has 1 aliphatic rings. The Bertz CT molecular complexity index is 553. The van der Waals surface area contributed by atoms with Gasteiger partial charge in [0.05, 0.1) is 0 Å². The highest BCUT2D eigenvalue weighted by molar-refractivity contribution is 9.10. The van der Waals surface area contributed by atoms with Crippen molar-refractivity contribution in [2.45, 2.75) is 25.3 Å². The molecular weight excluding hydrogens is 264 g/mol. The second-order valence-corrected chi connectivity index (χ2v) is 5.34. The van der Waals surface area contributed by atoms with Crippen LogP contribution < -0.4 is 5.73 Å². The third kappa shape index (κ3) is 1.35. The van der Waals surface area contributed by atoms with Crippen LogP contribution in [0.25, 0.3) is 10.9 Å². The fourth-order valence-corrected chi connectivity index (χ4v) is 3.55. The summed E-state index contributed by atoms with van der Waals surface area (Å²) in [5, 5.41) is 1.30. The van der Waals surface area contributed by atoms with Crippen LogP contribution in [-0.2, 0) is 13.6 Å². The second-order valence-electron chi connectivity index (χ2n) is 4.55. The molecule has 1 aromatic heterocycles. The Hall–Kier alpha value is -0.800. The molecule has 2 nitrogen and oxygen atoms in total. The molecule has 1 fully saturated rings. The van der Waals surface area contributed by atoms with E-state index in [2.05, 4.69) is 45.7 Å². The molecule has 2 aromatic rings. The van der Waals surface area contributed by atoms with Crippen molar-refractivity contribution in [3.63, 3.8) is 0 Å². The molecule has 1 heterocycles. The van der Waals surface area contributed by atoms with Gasteiger partial charge in [-0.2, -0.15) is 0 Å². The minimum absolute atomic E-state index is 0.601. The van der Waals surface area contributed by atoms with Gasteiger partial charge in [-0.05, 0) is 40.4 Å². The maximum atomic E-state index is 5.81. The summed E-state index contributed by atoms with van der Waals surface area (Å²) in [7, 11) is 2.15. The highest BCUT2D eigenvalue weighted by Gasteiger charge is 2.30. The number of benzene rings is 1. The highest BCUT2D eigenvalue weighted by atomic mass is 79.9. The summed E-state index contributed by atoms with van der Waals surface area (Å²) < 4.78 is 3.57. The lowest BCUT2D eigenvalue weighted by atomic mass is 10.1. The summed E-state index contributed by atoms with van der Waals surface area (Å²) in [4.78, 5) is 0. The highest BCUT2D eigenvalue weighted by Crippen LogP contribution is 2.47. The Labute approximate surface area is 104 Å². The summed E-state index contributed by atoms with van der Waals surface area (Å²) in [5.74, 6) is 0.748. The number of nitrogens with zero attached hydrogens (tertiary/aromatic N) is 1. The van der Waals surface area contributed by atoms with Crippen LogP contribution in [-0.4, -0.2) is 4.57 Å². The first kappa shape index (κ1) is 10.4. The van der Waals surface area contributed by atoms with E-state index in [-0.39, 0.29) is 0 Å².